The third kappa shape index (κ3) is 5.14. The van der Waals surface area contributed by atoms with Crippen molar-refractivity contribution in [2.75, 3.05) is 36.4 Å². The number of carbonyl (C=O) groups excluding carboxylic acids is 1. The van der Waals surface area contributed by atoms with Crippen LogP contribution in [-0.2, 0) is 0 Å². The van der Waals surface area contributed by atoms with Crippen LogP contribution in [0.3, 0.4) is 0 Å². The van der Waals surface area contributed by atoms with E-state index in [1.807, 2.05) is 47.4 Å². The quantitative estimate of drug-likeness (QED) is 0.338. The van der Waals surface area contributed by atoms with Gasteiger partial charge in [0, 0.05) is 47.8 Å². The van der Waals surface area contributed by atoms with Crippen LogP contribution < -0.4 is 10.2 Å². The Kier molecular flexibility index (Phi) is 6.79. The van der Waals surface area contributed by atoms with Crippen LogP contribution in [0.1, 0.15) is 30.9 Å². The molecule has 1 aliphatic heterocycles. The van der Waals surface area contributed by atoms with E-state index in [9.17, 15) is 4.79 Å². The summed E-state index contributed by atoms with van der Waals surface area (Å²) in [5, 5.41) is 4.63. The number of hydrogen-bond donors (Lipinski definition) is 1. The standard InChI is InChI=1S/C29H30ClN5O/c1-19(2)21-8-11-24(12-9-21)31-29(36)35-16-14-34(15-17-35)28-25-13-10-23(30)18-26(25)32-27(33-28)22-6-4-20(3)5-7-22/h4-13,18-19H,14-17H2,1-3H3,(H,31,36). The molecule has 0 atom stereocenters. The number of aryl methyl sites for hydroxylation is 1. The Morgan fingerprint density at radius 3 is 2.28 bits per heavy atom. The molecule has 0 spiro atoms. The van der Waals surface area contributed by atoms with E-state index in [-0.39, 0.29) is 6.03 Å². The molecule has 184 valence electrons. The fourth-order valence-corrected chi connectivity index (χ4v) is 4.60. The number of aromatic nitrogens is 2. The van der Waals surface area contributed by atoms with Crippen molar-refractivity contribution in [1.29, 1.82) is 0 Å². The number of benzene rings is 3. The van der Waals surface area contributed by atoms with Crippen LogP contribution in [-0.4, -0.2) is 47.1 Å². The SMILES string of the molecule is Cc1ccc(-c2nc(N3CCN(C(=O)Nc4ccc(C(C)C)cc4)CC3)c3ccc(Cl)cc3n2)cc1. The van der Waals surface area contributed by atoms with Gasteiger partial charge in [-0.1, -0.05) is 67.4 Å². The van der Waals surface area contributed by atoms with Gasteiger partial charge in [-0.15, -0.1) is 0 Å². The van der Waals surface area contributed by atoms with E-state index in [4.69, 9.17) is 21.6 Å². The number of piperazine rings is 1. The van der Waals surface area contributed by atoms with E-state index >= 15 is 0 Å². The second-order valence-electron chi connectivity index (χ2n) is 9.58. The van der Waals surface area contributed by atoms with Gasteiger partial charge in [-0.2, -0.15) is 0 Å². The molecular formula is C29H30ClN5O. The lowest BCUT2D eigenvalue weighted by atomic mass is 10.0. The third-order valence-corrected chi connectivity index (χ3v) is 6.88. The minimum Gasteiger partial charge on any atom is -0.352 e. The highest BCUT2D eigenvalue weighted by atomic mass is 35.5. The Morgan fingerprint density at radius 1 is 0.917 bits per heavy atom. The normalized spacial score (nSPS) is 13.9. The summed E-state index contributed by atoms with van der Waals surface area (Å²) in [5.41, 5.74) is 5.03. The molecule has 0 unspecified atom stereocenters. The smallest absolute Gasteiger partial charge is 0.321 e. The Hall–Kier alpha value is -3.64. The molecule has 0 saturated carbocycles. The number of anilines is 2. The van der Waals surface area contributed by atoms with Gasteiger partial charge < -0.3 is 15.1 Å². The first kappa shape index (κ1) is 24.1. The zero-order chi connectivity index (χ0) is 25.2. The Morgan fingerprint density at radius 2 is 1.61 bits per heavy atom. The predicted octanol–water partition coefficient (Wildman–Crippen LogP) is 6.74. The molecule has 2 heterocycles. The summed E-state index contributed by atoms with van der Waals surface area (Å²) in [7, 11) is 0. The van der Waals surface area contributed by atoms with E-state index in [2.05, 4.69) is 55.3 Å². The van der Waals surface area contributed by atoms with E-state index in [0.717, 1.165) is 28.0 Å². The summed E-state index contributed by atoms with van der Waals surface area (Å²) in [6, 6.07) is 21.9. The molecule has 7 heteroatoms. The van der Waals surface area contributed by atoms with E-state index in [1.165, 1.54) is 11.1 Å². The molecule has 1 aliphatic rings. The minimum absolute atomic E-state index is 0.0772. The third-order valence-electron chi connectivity index (χ3n) is 6.64. The Bertz CT molecular complexity index is 1380. The van der Waals surface area contributed by atoms with Crippen LogP contribution in [0.2, 0.25) is 5.02 Å². The maximum atomic E-state index is 12.9. The zero-order valence-corrected chi connectivity index (χ0v) is 21.6. The summed E-state index contributed by atoms with van der Waals surface area (Å²) in [6.45, 7) is 8.96. The van der Waals surface area contributed by atoms with Gasteiger partial charge in [0.25, 0.3) is 0 Å². The number of urea groups is 1. The number of amides is 2. The van der Waals surface area contributed by atoms with Gasteiger partial charge in [-0.25, -0.2) is 14.8 Å². The lowest BCUT2D eigenvalue weighted by molar-refractivity contribution is 0.208. The number of nitrogens with zero attached hydrogens (tertiary/aromatic N) is 4. The fraction of sp³-hybridized carbons (Fsp3) is 0.276. The summed E-state index contributed by atoms with van der Waals surface area (Å²) in [6.07, 6.45) is 0. The molecule has 0 radical (unpaired) electrons. The molecule has 0 bridgehead atoms. The highest BCUT2D eigenvalue weighted by Gasteiger charge is 2.24. The maximum absolute atomic E-state index is 12.9. The van der Waals surface area contributed by atoms with Crippen molar-refractivity contribution < 1.29 is 4.79 Å². The first-order chi connectivity index (χ1) is 17.4. The summed E-state index contributed by atoms with van der Waals surface area (Å²) in [4.78, 5) is 26.8. The average Bonchev–Trinajstić information content (AvgIpc) is 2.88. The second kappa shape index (κ2) is 10.2. The van der Waals surface area contributed by atoms with Gasteiger partial charge in [0.2, 0.25) is 0 Å². The van der Waals surface area contributed by atoms with E-state index < -0.39 is 0 Å². The number of fused-ring (bicyclic) bond motifs is 1. The molecule has 0 aliphatic carbocycles. The summed E-state index contributed by atoms with van der Waals surface area (Å²) >= 11 is 6.30. The predicted molar refractivity (Wildman–Crippen MR) is 148 cm³/mol. The second-order valence-corrected chi connectivity index (χ2v) is 10.0. The maximum Gasteiger partial charge on any atom is 0.321 e. The zero-order valence-electron chi connectivity index (χ0n) is 20.8. The van der Waals surface area contributed by atoms with E-state index in [1.54, 1.807) is 0 Å². The molecular weight excluding hydrogens is 470 g/mol. The van der Waals surface area contributed by atoms with Crippen molar-refractivity contribution in [2.45, 2.75) is 26.7 Å². The van der Waals surface area contributed by atoms with Gasteiger partial charge in [-0.3, -0.25) is 0 Å². The van der Waals surface area contributed by atoms with Crippen molar-refractivity contribution in [3.05, 3.63) is 82.9 Å². The molecule has 1 N–H and O–H groups in total. The number of rotatable bonds is 4. The van der Waals surface area contributed by atoms with Crippen LogP contribution >= 0.6 is 11.6 Å². The fourth-order valence-electron chi connectivity index (χ4n) is 4.43. The Balaban J connectivity index is 1.34. The van der Waals surface area contributed by atoms with Crippen LogP contribution in [0, 0.1) is 6.92 Å². The topological polar surface area (TPSA) is 61.4 Å². The molecule has 3 aromatic carbocycles. The van der Waals surface area contributed by atoms with Gasteiger partial charge in [0.15, 0.2) is 5.82 Å². The summed E-state index contributed by atoms with van der Waals surface area (Å²) < 4.78 is 0. The number of nitrogens with one attached hydrogen (secondary N) is 1. The van der Waals surface area contributed by atoms with Gasteiger partial charge in [0.1, 0.15) is 5.82 Å². The Labute approximate surface area is 216 Å². The van der Waals surface area contributed by atoms with Crippen molar-refractivity contribution in [1.82, 2.24) is 14.9 Å². The molecule has 6 nitrogen and oxygen atoms in total. The van der Waals surface area contributed by atoms with Crippen molar-refractivity contribution >= 4 is 40.0 Å². The molecule has 2 amide bonds. The summed E-state index contributed by atoms with van der Waals surface area (Å²) in [5.74, 6) is 2.00. The molecule has 1 saturated heterocycles. The van der Waals surface area contributed by atoms with Gasteiger partial charge >= 0.3 is 6.03 Å². The van der Waals surface area contributed by atoms with Crippen molar-refractivity contribution in [2.24, 2.45) is 0 Å². The van der Waals surface area contributed by atoms with Crippen LogP contribution in [0.5, 0.6) is 0 Å². The first-order valence-electron chi connectivity index (χ1n) is 12.3. The van der Waals surface area contributed by atoms with Crippen molar-refractivity contribution in [3.63, 3.8) is 0 Å². The first-order valence-corrected chi connectivity index (χ1v) is 12.7. The lowest BCUT2D eigenvalue weighted by Crippen LogP contribution is -2.50. The van der Waals surface area contributed by atoms with Gasteiger partial charge in [-0.05, 0) is 48.7 Å². The molecule has 1 aromatic heterocycles. The molecule has 4 aromatic rings. The van der Waals surface area contributed by atoms with E-state index in [0.29, 0.717) is 42.9 Å². The minimum atomic E-state index is -0.0772. The number of carbonyl (C=O) groups is 1. The number of hydrogen-bond acceptors (Lipinski definition) is 4. The van der Waals surface area contributed by atoms with Gasteiger partial charge in [0.05, 0.1) is 5.52 Å². The molecule has 36 heavy (non-hydrogen) atoms. The van der Waals surface area contributed by atoms with Crippen LogP contribution in [0.15, 0.2) is 66.7 Å². The molecule has 1 fully saturated rings. The lowest BCUT2D eigenvalue weighted by Gasteiger charge is -2.36. The monoisotopic (exact) mass is 499 g/mol. The number of halogens is 1. The largest absolute Gasteiger partial charge is 0.352 e. The molecule has 5 rings (SSSR count). The van der Waals surface area contributed by atoms with Crippen LogP contribution in [0.4, 0.5) is 16.3 Å². The highest BCUT2D eigenvalue weighted by Crippen LogP contribution is 2.30. The highest BCUT2D eigenvalue weighted by molar-refractivity contribution is 6.31. The van der Waals surface area contributed by atoms with Crippen LogP contribution in [0.25, 0.3) is 22.3 Å². The average molecular weight is 500 g/mol. The van der Waals surface area contributed by atoms with Crippen molar-refractivity contribution in [3.8, 4) is 11.4 Å².